The summed E-state index contributed by atoms with van der Waals surface area (Å²) in [6, 6.07) is 16.4. The minimum absolute atomic E-state index is 0.0415. The Kier molecular flexibility index (Phi) is 7.74. The number of ether oxygens (including phenoxy) is 1. The van der Waals surface area contributed by atoms with Crippen molar-refractivity contribution in [2.75, 3.05) is 17.7 Å². The van der Waals surface area contributed by atoms with E-state index >= 15 is 0 Å². The highest BCUT2D eigenvalue weighted by atomic mass is 32.2. The van der Waals surface area contributed by atoms with Gasteiger partial charge >= 0.3 is 5.97 Å². The number of hydrogen-bond acceptors (Lipinski definition) is 7. The topological polar surface area (TPSA) is 90.3 Å². The van der Waals surface area contributed by atoms with E-state index in [1.54, 1.807) is 47.5 Å². The average molecular weight is 496 g/mol. The van der Waals surface area contributed by atoms with E-state index in [0.717, 1.165) is 17.7 Å². The van der Waals surface area contributed by atoms with E-state index in [9.17, 15) is 14.4 Å². The zero-order chi connectivity index (χ0) is 24.1. The molecule has 176 valence electrons. The Bertz CT molecular complexity index is 1260. The smallest absolute Gasteiger partial charge is 0.340 e. The first kappa shape index (κ1) is 24.1. The summed E-state index contributed by atoms with van der Waals surface area (Å²) in [7, 11) is 0. The molecule has 1 aliphatic rings. The van der Waals surface area contributed by atoms with Crippen LogP contribution in [0.25, 0.3) is 0 Å². The van der Waals surface area contributed by atoms with Crippen LogP contribution in [0.5, 0.6) is 0 Å². The van der Waals surface area contributed by atoms with Crippen LogP contribution in [0.4, 0.5) is 5.69 Å². The third kappa shape index (κ3) is 5.53. The lowest BCUT2D eigenvalue weighted by Gasteiger charge is -2.14. The number of rotatable bonds is 8. The summed E-state index contributed by atoms with van der Waals surface area (Å²) in [4.78, 5) is 43.7. The molecule has 2 heterocycles. The molecule has 1 N–H and O–H groups in total. The fourth-order valence-corrected chi connectivity index (χ4v) is 5.57. The number of thioether (sulfide) groups is 2. The number of carbonyl (C=O) groups excluding carboxylic acids is 2. The molecule has 0 spiro atoms. The second kappa shape index (κ2) is 10.9. The third-order valence-corrected chi connectivity index (χ3v) is 7.37. The molecule has 0 fully saturated rings. The molecule has 9 heteroatoms. The van der Waals surface area contributed by atoms with Crippen molar-refractivity contribution >= 4 is 41.1 Å². The number of esters is 1. The first-order chi connectivity index (χ1) is 16.5. The van der Waals surface area contributed by atoms with Crippen LogP contribution in [-0.2, 0) is 22.5 Å². The van der Waals surface area contributed by atoms with E-state index < -0.39 is 5.97 Å². The van der Waals surface area contributed by atoms with Crippen LogP contribution in [0.3, 0.4) is 0 Å². The molecule has 1 aliphatic heterocycles. The lowest BCUT2D eigenvalue weighted by molar-refractivity contribution is -0.113. The lowest BCUT2D eigenvalue weighted by atomic mass is 10.2. The van der Waals surface area contributed by atoms with E-state index in [0.29, 0.717) is 33.1 Å². The molecule has 1 amide bonds. The molecule has 0 saturated carbocycles. The number of para-hydroxylation sites is 1. The van der Waals surface area contributed by atoms with Crippen molar-refractivity contribution in [2.24, 2.45) is 0 Å². The Hall–Kier alpha value is -3.04. The lowest BCUT2D eigenvalue weighted by Crippen LogP contribution is -2.26. The molecule has 0 saturated heterocycles. The number of aromatic nitrogens is 2. The normalized spacial score (nSPS) is 14.5. The summed E-state index contributed by atoms with van der Waals surface area (Å²) in [6.45, 7) is 4.43. The van der Waals surface area contributed by atoms with E-state index in [2.05, 4.69) is 12.2 Å². The maximum atomic E-state index is 13.3. The van der Waals surface area contributed by atoms with Crippen LogP contribution in [0.2, 0.25) is 0 Å². The number of fused-ring (bicyclic) bond motifs is 1. The summed E-state index contributed by atoms with van der Waals surface area (Å²) in [5.74, 6) is -0.750. The molecule has 3 aromatic rings. The molecule has 0 radical (unpaired) electrons. The number of carbonyl (C=O) groups is 2. The van der Waals surface area contributed by atoms with Gasteiger partial charge in [-0.15, -0.1) is 11.8 Å². The third-order valence-electron chi connectivity index (χ3n) is 5.18. The highest BCUT2D eigenvalue weighted by Crippen LogP contribution is 2.34. The van der Waals surface area contributed by atoms with Crippen molar-refractivity contribution < 1.29 is 14.3 Å². The van der Waals surface area contributed by atoms with Crippen molar-refractivity contribution in [3.05, 3.63) is 81.8 Å². The fourth-order valence-electron chi connectivity index (χ4n) is 3.64. The van der Waals surface area contributed by atoms with Gasteiger partial charge in [0.25, 0.3) is 5.56 Å². The van der Waals surface area contributed by atoms with Gasteiger partial charge in [-0.05, 0) is 24.6 Å². The van der Waals surface area contributed by atoms with Gasteiger partial charge in [-0.2, -0.15) is 0 Å². The molecular weight excluding hydrogens is 470 g/mol. The van der Waals surface area contributed by atoms with E-state index in [-0.39, 0.29) is 23.8 Å². The monoisotopic (exact) mass is 495 g/mol. The van der Waals surface area contributed by atoms with Gasteiger partial charge in [0.1, 0.15) is 0 Å². The zero-order valence-corrected chi connectivity index (χ0v) is 20.6. The molecular formula is C25H25N3O4S2. The van der Waals surface area contributed by atoms with Gasteiger partial charge in [-0.1, -0.05) is 61.2 Å². The molecule has 1 unspecified atom stereocenters. The van der Waals surface area contributed by atoms with Gasteiger partial charge in [-0.25, -0.2) is 9.78 Å². The van der Waals surface area contributed by atoms with Crippen LogP contribution in [0.1, 0.15) is 35.5 Å². The maximum absolute atomic E-state index is 13.3. The fraction of sp³-hybridized carbons (Fsp3) is 0.280. The minimum atomic E-state index is -0.491. The van der Waals surface area contributed by atoms with E-state index in [1.165, 1.54) is 11.8 Å². The van der Waals surface area contributed by atoms with Gasteiger partial charge < -0.3 is 10.1 Å². The van der Waals surface area contributed by atoms with Crippen LogP contribution in [-0.4, -0.2) is 39.0 Å². The van der Waals surface area contributed by atoms with Gasteiger partial charge in [0.05, 0.1) is 40.7 Å². The Morgan fingerprint density at radius 1 is 1.18 bits per heavy atom. The number of amides is 1. The molecule has 0 bridgehead atoms. The minimum Gasteiger partial charge on any atom is -0.462 e. The summed E-state index contributed by atoms with van der Waals surface area (Å²) in [5, 5.41) is 3.59. The Morgan fingerprint density at radius 3 is 2.68 bits per heavy atom. The van der Waals surface area contributed by atoms with Gasteiger partial charge in [-0.3, -0.25) is 14.2 Å². The Morgan fingerprint density at radius 2 is 1.91 bits per heavy atom. The Labute approximate surface area is 206 Å². The number of nitrogens with zero attached hydrogens (tertiary/aromatic N) is 2. The summed E-state index contributed by atoms with van der Waals surface area (Å²) in [5.41, 5.74) is 2.39. The quantitative estimate of drug-likeness (QED) is 0.284. The predicted octanol–water partition coefficient (Wildman–Crippen LogP) is 4.24. The molecule has 1 atom stereocenters. The largest absolute Gasteiger partial charge is 0.462 e. The SMILES string of the molecule is CCOC(=O)c1ccccc1NC(=O)CSc1nc2c(c(=O)n1Cc1ccccc1)SC(C)C2. The average Bonchev–Trinajstić information content (AvgIpc) is 3.21. The molecule has 0 aliphatic carbocycles. The van der Waals surface area contributed by atoms with Crippen molar-refractivity contribution in [1.29, 1.82) is 0 Å². The highest BCUT2D eigenvalue weighted by molar-refractivity contribution is 8.00. The van der Waals surface area contributed by atoms with Gasteiger partial charge in [0, 0.05) is 11.7 Å². The van der Waals surface area contributed by atoms with Crippen molar-refractivity contribution in [3.8, 4) is 0 Å². The maximum Gasteiger partial charge on any atom is 0.340 e. The first-order valence-electron chi connectivity index (χ1n) is 11.0. The number of anilines is 1. The summed E-state index contributed by atoms with van der Waals surface area (Å²) >= 11 is 2.77. The van der Waals surface area contributed by atoms with Crippen LogP contribution < -0.4 is 10.9 Å². The first-order valence-corrected chi connectivity index (χ1v) is 12.9. The second-order valence-corrected chi connectivity index (χ2v) is 10.2. The highest BCUT2D eigenvalue weighted by Gasteiger charge is 2.26. The molecule has 2 aromatic carbocycles. The summed E-state index contributed by atoms with van der Waals surface area (Å²) < 4.78 is 6.71. The number of benzene rings is 2. The number of hydrogen-bond donors (Lipinski definition) is 1. The molecule has 34 heavy (non-hydrogen) atoms. The standard InChI is InChI=1S/C25H25N3O4S2/c1-3-32-24(31)18-11-7-8-12-19(18)26-21(29)15-33-25-27-20-13-16(2)34-22(20)23(30)28(25)14-17-9-5-4-6-10-17/h4-12,16H,3,13-15H2,1-2H3,(H,26,29). The molecule has 7 nitrogen and oxygen atoms in total. The second-order valence-electron chi connectivity index (χ2n) is 7.78. The van der Waals surface area contributed by atoms with Gasteiger partial charge in [0.15, 0.2) is 5.16 Å². The van der Waals surface area contributed by atoms with Gasteiger partial charge in [0.2, 0.25) is 5.91 Å². The van der Waals surface area contributed by atoms with Crippen LogP contribution >= 0.6 is 23.5 Å². The van der Waals surface area contributed by atoms with Crippen molar-refractivity contribution in [1.82, 2.24) is 9.55 Å². The summed E-state index contributed by atoms with van der Waals surface area (Å²) in [6.07, 6.45) is 0.730. The van der Waals surface area contributed by atoms with E-state index in [1.807, 2.05) is 30.3 Å². The van der Waals surface area contributed by atoms with E-state index in [4.69, 9.17) is 9.72 Å². The van der Waals surface area contributed by atoms with Crippen LogP contribution in [0, 0.1) is 0 Å². The predicted molar refractivity (Wildman–Crippen MR) is 135 cm³/mol. The van der Waals surface area contributed by atoms with Crippen molar-refractivity contribution in [3.63, 3.8) is 0 Å². The van der Waals surface area contributed by atoms with Crippen molar-refractivity contribution in [2.45, 2.75) is 42.1 Å². The number of nitrogens with one attached hydrogen (secondary N) is 1. The molecule has 4 rings (SSSR count). The molecule has 1 aromatic heterocycles. The van der Waals surface area contributed by atoms with Crippen LogP contribution in [0.15, 0.2) is 69.4 Å². The zero-order valence-electron chi connectivity index (χ0n) is 18.9. The Balaban J connectivity index is 1.54.